The molecule has 1 atom stereocenters. The van der Waals surface area contributed by atoms with Crippen molar-refractivity contribution >= 4 is 11.7 Å². The van der Waals surface area contributed by atoms with E-state index in [9.17, 15) is 15.1 Å². The fourth-order valence-electron chi connectivity index (χ4n) is 3.02. The first kappa shape index (κ1) is 19.2. The molecule has 0 fully saturated rings. The highest BCUT2D eigenvalue weighted by Crippen LogP contribution is 2.16. The Balaban J connectivity index is 2.11. The molecule has 28 heavy (non-hydrogen) atoms. The lowest BCUT2D eigenvalue weighted by atomic mass is 10.0. The van der Waals surface area contributed by atoms with Crippen LogP contribution in [0.4, 0.5) is 0 Å². The molecule has 0 heterocycles. The van der Waals surface area contributed by atoms with E-state index in [4.69, 9.17) is 4.74 Å². The van der Waals surface area contributed by atoms with Gasteiger partial charge in [-0.2, -0.15) is 4.74 Å². The molecule has 0 aromatic heterocycles. The van der Waals surface area contributed by atoms with Gasteiger partial charge in [0.2, 0.25) is 5.71 Å². The summed E-state index contributed by atoms with van der Waals surface area (Å²) in [7, 11) is 1.27. The molecule has 3 aromatic rings. The second-order valence-electron chi connectivity index (χ2n) is 6.32. The van der Waals surface area contributed by atoms with Crippen LogP contribution in [0.15, 0.2) is 84.9 Å². The Morgan fingerprint density at radius 3 is 1.89 bits per heavy atom. The lowest BCUT2D eigenvalue weighted by Gasteiger charge is -2.19. The predicted octanol–water partition coefficient (Wildman–Crippen LogP) is 3.52. The Kier molecular flexibility index (Phi) is 6.07. The number of ether oxygens (including phenoxy) is 1. The molecule has 0 saturated carbocycles. The zero-order chi connectivity index (χ0) is 19.9. The number of carbonyl (C=O) groups excluding carboxylic acids is 1. The zero-order valence-corrected chi connectivity index (χ0v) is 15.5. The molecule has 0 unspecified atom stereocenters. The second kappa shape index (κ2) is 8.86. The average molecular weight is 375 g/mol. The first-order valence-corrected chi connectivity index (χ1v) is 8.90. The quantitative estimate of drug-likeness (QED) is 0.235. The van der Waals surface area contributed by atoms with Crippen LogP contribution in [-0.2, 0) is 16.0 Å². The van der Waals surface area contributed by atoms with E-state index < -0.39 is 12.0 Å². The summed E-state index contributed by atoms with van der Waals surface area (Å²) in [6.45, 7) is 0. The lowest BCUT2D eigenvalue weighted by molar-refractivity contribution is -0.488. The van der Waals surface area contributed by atoms with Crippen LogP contribution >= 0.6 is 0 Å². The van der Waals surface area contributed by atoms with E-state index >= 15 is 0 Å². The van der Waals surface area contributed by atoms with Crippen LogP contribution in [0.3, 0.4) is 0 Å². The molecule has 0 bridgehead atoms. The lowest BCUT2D eigenvalue weighted by Crippen LogP contribution is -2.38. The van der Waals surface area contributed by atoms with E-state index in [1.807, 2.05) is 60.7 Å². The van der Waals surface area contributed by atoms with Crippen LogP contribution in [0, 0.1) is 5.21 Å². The molecule has 0 aliphatic heterocycles. The molecule has 0 saturated heterocycles. The molecule has 0 spiro atoms. The van der Waals surface area contributed by atoms with Gasteiger partial charge in [-0.25, -0.2) is 4.79 Å². The Morgan fingerprint density at radius 1 is 0.929 bits per heavy atom. The highest BCUT2D eigenvalue weighted by atomic mass is 16.5. The molecule has 5 heteroatoms. The number of rotatable bonds is 6. The number of phenolic OH excluding ortho intramolecular Hbond substituents is 1. The van der Waals surface area contributed by atoms with Crippen LogP contribution in [0.5, 0.6) is 5.75 Å². The summed E-state index contributed by atoms with van der Waals surface area (Å²) in [6.07, 6.45) is 0.152. The third-order valence-corrected chi connectivity index (χ3v) is 4.44. The van der Waals surface area contributed by atoms with Crippen molar-refractivity contribution in [1.29, 1.82) is 0 Å². The summed E-state index contributed by atoms with van der Waals surface area (Å²) in [4.78, 5) is 12.5. The first-order valence-electron chi connectivity index (χ1n) is 8.90. The number of methoxy groups -OCH3 is 1. The molecule has 5 nitrogen and oxygen atoms in total. The standard InChI is InChI=1S/C23H21NO4/c1-28-23(26)21(16-17-12-14-20(25)15-13-17)24(27)22(18-8-4-2-5-9-18)19-10-6-3-7-11-19/h2-15,21,25H,16H2,1H3/t21-/m0/s1. The topological polar surface area (TPSA) is 72.6 Å². The fraction of sp³-hybridized carbons (Fsp3) is 0.130. The maximum absolute atomic E-state index is 13.4. The van der Waals surface area contributed by atoms with E-state index in [0.717, 1.165) is 10.3 Å². The van der Waals surface area contributed by atoms with Crippen LogP contribution < -0.4 is 0 Å². The molecule has 3 aromatic carbocycles. The van der Waals surface area contributed by atoms with Crippen molar-refractivity contribution in [2.75, 3.05) is 7.11 Å². The van der Waals surface area contributed by atoms with Crippen molar-refractivity contribution in [3.8, 4) is 5.75 Å². The zero-order valence-electron chi connectivity index (χ0n) is 15.5. The highest BCUT2D eigenvalue weighted by molar-refractivity contribution is 6.10. The summed E-state index contributed by atoms with van der Waals surface area (Å²) in [5.41, 5.74) is 2.57. The van der Waals surface area contributed by atoms with E-state index in [-0.39, 0.29) is 12.2 Å². The van der Waals surface area contributed by atoms with Gasteiger partial charge in [-0.1, -0.05) is 48.5 Å². The maximum atomic E-state index is 13.4. The molecule has 0 aliphatic carbocycles. The molecule has 0 amide bonds. The molecule has 142 valence electrons. The number of hydrogen-bond acceptors (Lipinski definition) is 4. The number of carbonyl (C=O) groups is 1. The monoisotopic (exact) mass is 375 g/mol. The van der Waals surface area contributed by atoms with Gasteiger partial charge in [-0.3, -0.25) is 0 Å². The van der Waals surface area contributed by atoms with Gasteiger partial charge in [-0.15, -0.1) is 0 Å². The highest BCUT2D eigenvalue weighted by Gasteiger charge is 2.31. The number of phenols is 1. The van der Waals surface area contributed by atoms with Crippen molar-refractivity contribution < 1.29 is 19.4 Å². The summed E-state index contributed by atoms with van der Waals surface area (Å²) in [6, 6.07) is 23.8. The van der Waals surface area contributed by atoms with Crippen LogP contribution in [0.1, 0.15) is 16.7 Å². The van der Waals surface area contributed by atoms with Crippen molar-refractivity contribution in [3.05, 3.63) is 107 Å². The smallest absolute Gasteiger partial charge is 0.376 e. The number of hydrogen-bond donors (Lipinski definition) is 1. The summed E-state index contributed by atoms with van der Waals surface area (Å²) in [5, 5.41) is 22.9. The molecule has 0 radical (unpaired) electrons. The molecule has 3 rings (SSSR count). The van der Waals surface area contributed by atoms with Crippen molar-refractivity contribution in [1.82, 2.24) is 0 Å². The number of benzene rings is 3. The Bertz CT molecular complexity index is 909. The Labute approximate surface area is 163 Å². The molecule has 1 N–H and O–H groups in total. The summed E-state index contributed by atoms with van der Waals surface area (Å²) in [5.74, 6) is -0.495. The number of nitrogens with zero attached hydrogens (tertiary/aromatic N) is 1. The maximum Gasteiger partial charge on any atom is 0.376 e. The SMILES string of the molecule is COC(=O)[C@H](Cc1ccc(O)cc1)[N+]([O-])=C(c1ccccc1)c1ccccc1. The van der Waals surface area contributed by atoms with Crippen molar-refractivity contribution in [3.63, 3.8) is 0 Å². The minimum absolute atomic E-state index is 0.123. The third-order valence-electron chi connectivity index (χ3n) is 4.44. The minimum Gasteiger partial charge on any atom is -0.623 e. The largest absolute Gasteiger partial charge is 0.623 e. The summed E-state index contributed by atoms with van der Waals surface area (Å²) >= 11 is 0. The Hall–Kier alpha value is -3.60. The van der Waals surface area contributed by atoms with E-state index in [1.165, 1.54) is 19.2 Å². The summed E-state index contributed by atoms with van der Waals surface area (Å²) < 4.78 is 5.63. The van der Waals surface area contributed by atoms with E-state index in [1.54, 1.807) is 12.1 Å². The van der Waals surface area contributed by atoms with Gasteiger partial charge in [0.1, 0.15) is 5.75 Å². The van der Waals surface area contributed by atoms with Gasteiger partial charge in [0, 0.05) is 17.5 Å². The number of aromatic hydroxyl groups is 1. The van der Waals surface area contributed by atoms with Crippen molar-refractivity contribution in [2.45, 2.75) is 12.5 Å². The predicted molar refractivity (Wildman–Crippen MR) is 107 cm³/mol. The van der Waals surface area contributed by atoms with Gasteiger partial charge < -0.3 is 15.1 Å². The van der Waals surface area contributed by atoms with E-state index in [0.29, 0.717) is 16.8 Å². The number of hydroxylamine groups is 1. The first-order chi connectivity index (χ1) is 13.6. The van der Waals surface area contributed by atoms with Gasteiger partial charge >= 0.3 is 5.97 Å². The fourth-order valence-corrected chi connectivity index (χ4v) is 3.02. The Morgan fingerprint density at radius 2 is 1.43 bits per heavy atom. The van der Waals surface area contributed by atoms with Crippen LogP contribution in [-0.4, -0.2) is 34.7 Å². The molecular formula is C23H21NO4. The minimum atomic E-state index is -1.06. The average Bonchev–Trinajstić information content (AvgIpc) is 2.74. The van der Waals surface area contributed by atoms with Gasteiger partial charge in [0.15, 0.2) is 0 Å². The molecule has 0 aliphatic rings. The van der Waals surface area contributed by atoms with Crippen LogP contribution in [0.2, 0.25) is 0 Å². The van der Waals surface area contributed by atoms with Crippen LogP contribution in [0.25, 0.3) is 0 Å². The van der Waals surface area contributed by atoms with E-state index in [2.05, 4.69) is 0 Å². The van der Waals surface area contributed by atoms with Gasteiger partial charge in [0.05, 0.1) is 7.11 Å². The van der Waals surface area contributed by atoms with Crippen molar-refractivity contribution in [2.24, 2.45) is 0 Å². The third kappa shape index (κ3) is 4.38. The normalized spacial score (nSPS) is 11.5. The second-order valence-corrected chi connectivity index (χ2v) is 6.32. The molecular weight excluding hydrogens is 354 g/mol. The van der Waals surface area contributed by atoms with Gasteiger partial charge in [-0.05, 0) is 42.0 Å². The number of esters is 1. The van der Waals surface area contributed by atoms with Gasteiger partial charge in [0.25, 0.3) is 6.04 Å².